The molecule has 1 N–H and O–H groups in total. The first-order valence-electron chi connectivity index (χ1n) is 11.9. The number of nitrogens with zero attached hydrogens (tertiary/aromatic N) is 4. The molecule has 1 aliphatic rings. The van der Waals surface area contributed by atoms with Crippen molar-refractivity contribution in [2.45, 2.75) is 19.9 Å². The molecule has 0 radical (unpaired) electrons. The Morgan fingerprint density at radius 2 is 1.95 bits per heavy atom. The number of ketones is 1. The molecule has 5 rings (SSSR count). The van der Waals surface area contributed by atoms with Gasteiger partial charge in [0.25, 0.3) is 5.78 Å². The molecule has 1 saturated heterocycles. The number of aryl methyl sites for hydroxylation is 2. The molecule has 3 aromatic heterocycles. The van der Waals surface area contributed by atoms with E-state index in [1.54, 1.807) is 60.8 Å². The van der Waals surface area contributed by atoms with Crippen molar-refractivity contribution < 1.29 is 29.0 Å². The molecule has 4 aromatic rings. The number of aromatic nitrogens is 3. The third kappa shape index (κ3) is 4.36. The number of esters is 1. The van der Waals surface area contributed by atoms with E-state index in [9.17, 15) is 19.5 Å². The number of aliphatic hydroxyl groups excluding tert-OH is 1. The van der Waals surface area contributed by atoms with E-state index in [0.29, 0.717) is 34.0 Å². The van der Waals surface area contributed by atoms with E-state index in [-0.39, 0.29) is 27.9 Å². The van der Waals surface area contributed by atoms with Crippen molar-refractivity contribution in [1.29, 1.82) is 0 Å². The Morgan fingerprint density at radius 3 is 2.69 bits per heavy atom. The van der Waals surface area contributed by atoms with Crippen LogP contribution in [0.1, 0.15) is 38.4 Å². The van der Waals surface area contributed by atoms with Crippen LogP contribution in [0.4, 0.5) is 5.13 Å². The highest BCUT2D eigenvalue weighted by molar-refractivity contribution is 7.17. The van der Waals surface area contributed by atoms with Crippen molar-refractivity contribution in [3.63, 3.8) is 0 Å². The maximum Gasteiger partial charge on any atom is 0.350 e. The van der Waals surface area contributed by atoms with Crippen molar-refractivity contribution in [2.75, 3.05) is 18.6 Å². The van der Waals surface area contributed by atoms with Crippen LogP contribution in [0.15, 0.2) is 66.9 Å². The van der Waals surface area contributed by atoms with E-state index in [1.165, 1.54) is 18.1 Å². The van der Waals surface area contributed by atoms with Gasteiger partial charge in [-0.05, 0) is 43.7 Å². The Balaban J connectivity index is 1.73. The fraction of sp³-hybridized carbons (Fsp3) is 0.179. The van der Waals surface area contributed by atoms with E-state index in [4.69, 9.17) is 9.47 Å². The summed E-state index contributed by atoms with van der Waals surface area (Å²) < 4.78 is 12.2. The Bertz CT molecular complexity index is 1680. The number of hydrogen-bond acceptors (Lipinski definition) is 9. The number of pyridine rings is 1. The van der Waals surface area contributed by atoms with Gasteiger partial charge in [-0.3, -0.25) is 18.9 Å². The summed E-state index contributed by atoms with van der Waals surface area (Å²) in [7, 11) is 1.50. The number of methoxy groups -OCH3 is 1. The number of ether oxygens (including phenoxy) is 2. The number of thiazole rings is 1. The normalized spacial score (nSPS) is 16.6. The Labute approximate surface area is 227 Å². The molecule has 11 heteroatoms. The van der Waals surface area contributed by atoms with Crippen LogP contribution in [0, 0.1) is 13.8 Å². The number of carbonyl (C=O) groups is 3. The van der Waals surface area contributed by atoms with Crippen LogP contribution in [0.25, 0.3) is 11.4 Å². The molecule has 0 spiro atoms. The van der Waals surface area contributed by atoms with E-state index in [0.717, 1.165) is 11.3 Å². The third-order valence-electron chi connectivity index (χ3n) is 6.29. The van der Waals surface area contributed by atoms with Gasteiger partial charge in [0, 0.05) is 6.20 Å². The summed E-state index contributed by atoms with van der Waals surface area (Å²) in [5.74, 6) is -2.29. The molecular weight excluding hydrogens is 520 g/mol. The molecule has 10 nitrogen and oxygen atoms in total. The highest BCUT2D eigenvalue weighted by atomic mass is 32.1. The monoisotopic (exact) mass is 544 g/mol. The lowest BCUT2D eigenvalue weighted by Gasteiger charge is -2.23. The summed E-state index contributed by atoms with van der Waals surface area (Å²) in [6.45, 7) is 6.88. The standard InChI is InChI=1S/C28H24N4O6S/c1-5-13-38-27(36)25-16(3)30-28(39-25)32-22(17-9-8-10-18(14-17)37-4)20(24(34)26(32)35)23(33)21-15(2)29-19-11-6-7-12-31(19)21/h5-12,14,22,33H,1,13H2,2-4H3/b23-20+. The molecule has 198 valence electrons. The minimum atomic E-state index is -1.06. The van der Waals surface area contributed by atoms with Gasteiger partial charge < -0.3 is 14.6 Å². The second-order valence-electron chi connectivity index (χ2n) is 8.72. The van der Waals surface area contributed by atoms with E-state index < -0.39 is 23.7 Å². The van der Waals surface area contributed by atoms with Gasteiger partial charge >= 0.3 is 11.9 Å². The lowest BCUT2D eigenvalue weighted by Crippen LogP contribution is -2.29. The lowest BCUT2D eigenvalue weighted by atomic mass is 9.96. The lowest BCUT2D eigenvalue weighted by molar-refractivity contribution is -0.132. The zero-order valence-corrected chi connectivity index (χ0v) is 22.2. The van der Waals surface area contributed by atoms with Crippen molar-refractivity contribution in [3.05, 3.63) is 94.4 Å². The molecule has 1 fully saturated rings. The molecule has 1 aromatic carbocycles. The Morgan fingerprint density at radius 1 is 1.15 bits per heavy atom. The van der Waals surface area contributed by atoms with E-state index >= 15 is 0 Å². The first kappa shape index (κ1) is 25.9. The molecule has 1 atom stereocenters. The van der Waals surface area contributed by atoms with Crippen molar-refractivity contribution in [3.8, 4) is 5.75 Å². The first-order chi connectivity index (χ1) is 18.8. The van der Waals surface area contributed by atoms with Gasteiger partial charge in [-0.15, -0.1) is 0 Å². The number of benzene rings is 1. The van der Waals surface area contributed by atoms with Crippen molar-refractivity contribution >= 4 is 45.5 Å². The molecule has 0 saturated carbocycles. The van der Waals surface area contributed by atoms with Gasteiger partial charge in [-0.25, -0.2) is 14.8 Å². The second kappa shape index (κ2) is 10.2. The number of amides is 1. The van der Waals surface area contributed by atoms with Gasteiger partial charge in [-0.2, -0.15) is 0 Å². The molecular formula is C28H24N4O6S. The maximum atomic E-state index is 13.6. The topological polar surface area (TPSA) is 123 Å². The highest BCUT2D eigenvalue weighted by Crippen LogP contribution is 2.44. The van der Waals surface area contributed by atoms with Crippen LogP contribution in [0.5, 0.6) is 5.75 Å². The Hall–Kier alpha value is -4.77. The average molecular weight is 545 g/mol. The number of fused-ring (bicyclic) bond motifs is 1. The summed E-state index contributed by atoms with van der Waals surface area (Å²) in [6.07, 6.45) is 3.16. The zero-order chi connectivity index (χ0) is 27.8. The maximum absolute atomic E-state index is 13.6. The van der Waals surface area contributed by atoms with Gasteiger partial charge in [0.05, 0.1) is 30.1 Å². The minimum Gasteiger partial charge on any atom is -0.505 e. The smallest absolute Gasteiger partial charge is 0.350 e. The number of Topliss-reactive ketones (excluding diaryl/α,β-unsaturated/α-hetero) is 1. The van der Waals surface area contributed by atoms with Gasteiger partial charge in [0.1, 0.15) is 28.6 Å². The van der Waals surface area contributed by atoms with Crippen LogP contribution in [-0.4, -0.2) is 50.9 Å². The van der Waals surface area contributed by atoms with Crippen LogP contribution >= 0.6 is 11.3 Å². The molecule has 4 heterocycles. The number of hydrogen-bond donors (Lipinski definition) is 1. The molecule has 0 aliphatic carbocycles. The fourth-order valence-corrected chi connectivity index (χ4v) is 5.55. The predicted molar refractivity (Wildman–Crippen MR) is 145 cm³/mol. The average Bonchev–Trinajstić information content (AvgIpc) is 3.57. The van der Waals surface area contributed by atoms with Gasteiger partial charge in [0.15, 0.2) is 10.9 Å². The molecule has 0 bridgehead atoms. The number of carbonyl (C=O) groups excluding carboxylic acids is 3. The van der Waals surface area contributed by atoms with E-state index in [2.05, 4.69) is 16.5 Å². The first-order valence-corrected chi connectivity index (χ1v) is 12.7. The summed E-state index contributed by atoms with van der Waals surface area (Å²) in [6, 6.07) is 11.1. The van der Waals surface area contributed by atoms with Crippen LogP contribution in [0.2, 0.25) is 0 Å². The van der Waals surface area contributed by atoms with Crippen LogP contribution < -0.4 is 9.64 Å². The summed E-state index contributed by atoms with van der Waals surface area (Å²) in [5.41, 5.74) is 2.05. The van der Waals surface area contributed by atoms with Crippen molar-refractivity contribution in [1.82, 2.24) is 14.4 Å². The van der Waals surface area contributed by atoms with Crippen molar-refractivity contribution in [2.24, 2.45) is 0 Å². The van der Waals surface area contributed by atoms with E-state index in [1.807, 2.05) is 6.07 Å². The number of rotatable bonds is 7. The third-order valence-corrected chi connectivity index (χ3v) is 7.43. The predicted octanol–water partition coefficient (Wildman–Crippen LogP) is 4.39. The van der Waals surface area contributed by atoms with Crippen LogP contribution in [-0.2, 0) is 14.3 Å². The minimum absolute atomic E-state index is 0.0124. The number of imidazole rings is 1. The summed E-state index contributed by atoms with van der Waals surface area (Å²) in [4.78, 5) is 50.0. The van der Waals surface area contributed by atoms with Gasteiger partial charge in [-0.1, -0.05) is 42.2 Å². The summed E-state index contributed by atoms with van der Waals surface area (Å²) >= 11 is 0.926. The number of aliphatic hydroxyl groups is 1. The molecule has 1 amide bonds. The van der Waals surface area contributed by atoms with Gasteiger partial charge in [0.2, 0.25) is 0 Å². The van der Waals surface area contributed by atoms with Crippen LogP contribution in [0.3, 0.4) is 0 Å². The largest absolute Gasteiger partial charge is 0.505 e. The Kier molecular flexibility index (Phi) is 6.75. The fourth-order valence-electron chi connectivity index (χ4n) is 4.56. The quantitative estimate of drug-likeness (QED) is 0.120. The number of anilines is 1. The second-order valence-corrected chi connectivity index (χ2v) is 9.70. The molecule has 39 heavy (non-hydrogen) atoms. The zero-order valence-electron chi connectivity index (χ0n) is 21.4. The molecule has 1 unspecified atom stereocenters. The SMILES string of the molecule is C=CCOC(=O)c1sc(N2C(=O)C(=O)/C(=C(/O)c3c(C)nc4ccccn34)C2c2cccc(OC)c2)nc1C. The molecule has 1 aliphatic heterocycles. The highest BCUT2D eigenvalue weighted by Gasteiger charge is 2.49. The summed E-state index contributed by atoms with van der Waals surface area (Å²) in [5, 5.41) is 11.7.